The number of aliphatic hydroxyl groups excluding tert-OH is 4. The molecule has 8 rings (SSSR count). The molecule has 0 radical (unpaired) electrons. The van der Waals surface area contributed by atoms with Crippen LogP contribution in [0.1, 0.15) is 99.8 Å². The fourth-order valence-corrected chi connectivity index (χ4v) is 13.9. The molecule has 0 aromatic carbocycles. The summed E-state index contributed by atoms with van der Waals surface area (Å²) in [7, 11) is 0. The third kappa shape index (κ3) is 3.43. The van der Waals surface area contributed by atoms with E-state index in [1.165, 1.54) is 12.8 Å². The highest BCUT2D eigenvalue weighted by Gasteiger charge is 2.84. The molecule has 8 fully saturated rings. The number of hydrogen-bond acceptors (Lipinski definition) is 9. The molecule has 9 nitrogen and oxygen atoms in total. The molecule has 0 amide bonds. The van der Waals surface area contributed by atoms with E-state index in [9.17, 15) is 25.5 Å². The molecule has 0 aromatic rings. The van der Waals surface area contributed by atoms with Gasteiger partial charge in [0, 0.05) is 0 Å². The van der Waals surface area contributed by atoms with Gasteiger partial charge in [-0.2, -0.15) is 0 Å². The smallest absolute Gasteiger partial charge is 0.222 e. The molecule has 3 aliphatic heterocycles. The Balaban J connectivity index is 1.06. The van der Waals surface area contributed by atoms with Crippen molar-refractivity contribution < 1.29 is 44.5 Å². The zero-order valence-corrected chi connectivity index (χ0v) is 27.7. The van der Waals surface area contributed by atoms with Gasteiger partial charge in [0.05, 0.1) is 24.4 Å². The molecule has 17 atom stereocenters. The maximum Gasteiger partial charge on any atom is 0.222 e. The molecule has 9 heteroatoms. The first-order valence-corrected chi connectivity index (χ1v) is 17.5. The van der Waals surface area contributed by atoms with Gasteiger partial charge in [-0.1, -0.05) is 34.6 Å². The van der Waals surface area contributed by atoms with Gasteiger partial charge in [-0.25, -0.2) is 0 Å². The maximum absolute atomic E-state index is 11.8. The Kier molecular flexibility index (Phi) is 6.33. The molecule has 5 aliphatic carbocycles. The zero-order chi connectivity index (χ0) is 31.6. The minimum absolute atomic E-state index is 0.0448. The Morgan fingerprint density at radius 3 is 2.18 bits per heavy atom. The Hall–Kier alpha value is -0.360. The van der Waals surface area contributed by atoms with Crippen molar-refractivity contribution in [2.45, 2.75) is 160 Å². The van der Waals surface area contributed by atoms with Crippen molar-refractivity contribution in [3.8, 4) is 0 Å². The summed E-state index contributed by atoms with van der Waals surface area (Å²) in [5, 5.41) is 53.7. The lowest BCUT2D eigenvalue weighted by atomic mass is 9.41. The SMILES string of the molecule is C[C@H]1[C@H]2[C@H](C[C@@]3(C)[C@@H]4CC[C@H]5C(C)(C)[C@@H](O[C@@H]6OC[C@@H](O)[C@H](O)[C@H]6O)CC[C@@]56C[C@@]46CC[C@]23C)O[C@@]2(O)[C@@H]1OC(C)(C)[C@H]2O. The highest BCUT2D eigenvalue weighted by Crippen LogP contribution is 2.89. The molecule has 0 aromatic heterocycles. The minimum atomic E-state index is -1.67. The molecule has 0 unspecified atom stereocenters. The Bertz CT molecular complexity index is 1210. The van der Waals surface area contributed by atoms with Gasteiger partial charge in [0.1, 0.15) is 30.5 Å². The van der Waals surface area contributed by atoms with Crippen molar-refractivity contribution in [2.75, 3.05) is 6.61 Å². The van der Waals surface area contributed by atoms with Crippen LogP contribution in [0.2, 0.25) is 0 Å². The lowest BCUT2D eigenvalue weighted by Gasteiger charge is -2.63. The summed E-state index contributed by atoms with van der Waals surface area (Å²) in [4.78, 5) is 0. The zero-order valence-electron chi connectivity index (χ0n) is 27.7. The average molecular weight is 621 g/mol. The van der Waals surface area contributed by atoms with E-state index in [-0.39, 0.29) is 52.3 Å². The van der Waals surface area contributed by atoms with E-state index in [0.717, 1.165) is 38.5 Å². The standard InChI is InChI=1S/C35H56O9/c1-17-23-19(43-35(40)26(17)44-30(4,5)28(35)39)14-32(7)21-9-8-20-29(2,3)22(42-27-25(38)24(37)18(36)15-41-27)10-11-33(20)16-34(21,33)13-12-31(23,32)6/h17-28,36-40H,8-16H2,1-7H3/t17-,18+,19-,20-,21-,22-,23-,24-,25+,26+,27-,28+,31+,32-,33+,34-,35-/m0/s1. The molecule has 0 bridgehead atoms. The first kappa shape index (κ1) is 30.9. The van der Waals surface area contributed by atoms with E-state index in [4.69, 9.17) is 18.9 Å². The van der Waals surface area contributed by atoms with E-state index in [1.54, 1.807) is 0 Å². The van der Waals surface area contributed by atoms with Crippen LogP contribution in [-0.2, 0) is 18.9 Å². The van der Waals surface area contributed by atoms with Crippen molar-refractivity contribution in [3.05, 3.63) is 0 Å². The van der Waals surface area contributed by atoms with E-state index >= 15 is 0 Å². The van der Waals surface area contributed by atoms with Crippen molar-refractivity contribution in [2.24, 2.45) is 50.7 Å². The van der Waals surface area contributed by atoms with E-state index < -0.39 is 48.2 Å². The van der Waals surface area contributed by atoms with Crippen LogP contribution in [0.15, 0.2) is 0 Å². The second-order valence-corrected chi connectivity index (χ2v) is 18.3. The third-order valence-electron chi connectivity index (χ3n) is 16.1. The van der Waals surface area contributed by atoms with E-state index in [2.05, 4.69) is 34.6 Å². The number of aliphatic hydroxyl groups is 5. The topological polar surface area (TPSA) is 138 Å². The van der Waals surface area contributed by atoms with Gasteiger partial charge in [-0.3, -0.25) is 0 Å². The number of ether oxygens (including phenoxy) is 4. The van der Waals surface area contributed by atoms with Crippen molar-refractivity contribution in [1.29, 1.82) is 0 Å². The number of fused-ring (bicyclic) bond motifs is 5. The van der Waals surface area contributed by atoms with Gasteiger partial charge in [0.25, 0.3) is 0 Å². The van der Waals surface area contributed by atoms with Crippen molar-refractivity contribution in [1.82, 2.24) is 0 Å². The molecule has 3 saturated heterocycles. The Labute approximate surface area is 262 Å². The number of hydrogen-bond donors (Lipinski definition) is 5. The number of rotatable bonds is 2. The summed E-state index contributed by atoms with van der Waals surface area (Å²) in [5.41, 5.74) is -0.280. The highest BCUT2D eigenvalue weighted by molar-refractivity contribution is 5.32. The van der Waals surface area contributed by atoms with Crippen LogP contribution in [0, 0.1) is 50.7 Å². The molecule has 5 N–H and O–H groups in total. The molecule has 250 valence electrons. The quantitative estimate of drug-likeness (QED) is 0.295. The van der Waals surface area contributed by atoms with Gasteiger partial charge >= 0.3 is 0 Å². The lowest BCUT2D eigenvalue weighted by molar-refractivity contribution is -0.327. The van der Waals surface area contributed by atoms with Gasteiger partial charge < -0.3 is 44.5 Å². The summed E-state index contributed by atoms with van der Waals surface area (Å²) >= 11 is 0. The maximum atomic E-state index is 11.8. The molecule has 5 saturated carbocycles. The van der Waals surface area contributed by atoms with Crippen LogP contribution in [0.3, 0.4) is 0 Å². The van der Waals surface area contributed by atoms with Gasteiger partial charge in [0.2, 0.25) is 5.79 Å². The third-order valence-corrected chi connectivity index (χ3v) is 16.1. The predicted molar refractivity (Wildman–Crippen MR) is 159 cm³/mol. The second kappa shape index (κ2) is 9.00. The summed E-state index contributed by atoms with van der Waals surface area (Å²) in [5.74, 6) is -0.258. The van der Waals surface area contributed by atoms with E-state index in [0.29, 0.717) is 17.3 Å². The average Bonchev–Trinajstić information content (AvgIpc) is 3.49. The molecule has 44 heavy (non-hydrogen) atoms. The summed E-state index contributed by atoms with van der Waals surface area (Å²) in [6.07, 6.45) is 2.41. The second-order valence-electron chi connectivity index (χ2n) is 18.3. The highest BCUT2D eigenvalue weighted by atomic mass is 16.7. The van der Waals surface area contributed by atoms with E-state index in [1.807, 2.05) is 13.8 Å². The van der Waals surface area contributed by atoms with Gasteiger partial charge in [-0.15, -0.1) is 0 Å². The Morgan fingerprint density at radius 1 is 0.773 bits per heavy atom. The molecule has 2 spiro atoms. The largest absolute Gasteiger partial charge is 0.388 e. The summed E-state index contributed by atoms with van der Waals surface area (Å²) < 4.78 is 25.1. The van der Waals surface area contributed by atoms with Crippen LogP contribution >= 0.6 is 0 Å². The van der Waals surface area contributed by atoms with Crippen molar-refractivity contribution >= 4 is 0 Å². The van der Waals surface area contributed by atoms with Gasteiger partial charge in [-0.05, 0) is 116 Å². The fourth-order valence-electron chi connectivity index (χ4n) is 13.9. The molecule has 8 aliphatic rings. The monoisotopic (exact) mass is 620 g/mol. The normalized spacial score (nSPS) is 63.3. The van der Waals surface area contributed by atoms with Crippen LogP contribution in [0.4, 0.5) is 0 Å². The van der Waals surface area contributed by atoms with Crippen molar-refractivity contribution in [3.63, 3.8) is 0 Å². The Morgan fingerprint density at radius 2 is 1.45 bits per heavy atom. The minimum Gasteiger partial charge on any atom is -0.388 e. The molecular weight excluding hydrogens is 564 g/mol. The first-order chi connectivity index (χ1) is 20.4. The summed E-state index contributed by atoms with van der Waals surface area (Å²) in [6.45, 7) is 15.6. The van der Waals surface area contributed by atoms with Gasteiger partial charge in [0.15, 0.2) is 6.29 Å². The van der Waals surface area contributed by atoms with Crippen LogP contribution < -0.4 is 0 Å². The molecular formula is C35H56O9. The first-order valence-electron chi connectivity index (χ1n) is 17.5. The van der Waals surface area contributed by atoms with Crippen LogP contribution in [-0.4, -0.2) is 92.5 Å². The van der Waals surface area contributed by atoms with Crippen LogP contribution in [0.25, 0.3) is 0 Å². The predicted octanol–water partition coefficient (Wildman–Crippen LogP) is 3.12. The fraction of sp³-hybridized carbons (Fsp3) is 1.00. The molecule has 3 heterocycles. The van der Waals surface area contributed by atoms with Crippen LogP contribution in [0.5, 0.6) is 0 Å². The summed E-state index contributed by atoms with van der Waals surface area (Å²) in [6, 6.07) is 0. The lowest BCUT2D eigenvalue weighted by Crippen LogP contribution is -2.63.